The molecule has 0 radical (unpaired) electrons. The Bertz CT molecular complexity index is 413. The summed E-state index contributed by atoms with van der Waals surface area (Å²) >= 11 is 1.68. The van der Waals surface area contributed by atoms with Crippen molar-refractivity contribution in [2.24, 2.45) is 0 Å². The lowest BCUT2D eigenvalue weighted by molar-refractivity contribution is 0.0102. The average molecular weight is 293 g/mol. The van der Waals surface area contributed by atoms with E-state index >= 15 is 0 Å². The van der Waals surface area contributed by atoms with Gasteiger partial charge < -0.3 is 10.1 Å². The molecule has 4 heteroatoms. The Morgan fingerprint density at radius 2 is 2.15 bits per heavy atom. The molecule has 1 amide bonds. The highest BCUT2D eigenvalue weighted by Crippen LogP contribution is 2.17. The van der Waals surface area contributed by atoms with Crippen molar-refractivity contribution < 1.29 is 9.53 Å². The summed E-state index contributed by atoms with van der Waals surface area (Å²) < 4.78 is 5.68. The molecule has 0 unspecified atom stereocenters. The Labute approximate surface area is 125 Å². The van der Waals surface area contributed by atoms with Crippen molar-refractivity contribution in [3.8, 4) is 0 Å². The molecule has 0 spiro atoms. The summed E-state index contributed by atoms with van der Waals surface area (Å²) in [5.41, 5.74) is 0.733. The first-order valence-corrected chi connectivity index (χ1v) is 8.56. The van der Waals surface area contributed by atoms with Gasteiger partial charge in [0.2, 0.25) is 0 Å². The molecule has 1 aliphatic rings. The minimum absolute atomic E-state index is 0.0159. The van der Waals surface area contributed by atoms with Crippen LogP contribution < -0.4 is 5.32 Å². The molecule has 1 atom stereocenters. The number of nitrogens with one attached hydrogen (secondary N) is 1. The molecule has 1 N–H and O–H groups in total. The average Bonchev–Trinajstić information content (AvgIpc) is 2.52. The minimum Gasteiger partial charge on any atom is -0.378 e. The molecular formula is C16H23NO2S. The van der Waals surface area contributed by atoms with Crippen LogP contribution in [0.3, 0.4) is 0 Å². The molecule has 0 aliphatic carbocycles. The second kappa shape index (κ2) is 8.32. The monoisotopic (exact) mass is 293 g/mol. The molecule has 1 saturated heterocycles. The SMILES string of the molecule is CSc1ccc(C(=O)NCCC[C@@H]2CCCCO2)cc1. The molecule has 110 valence electrons. The topological polar surface area (TPSA) is 38.3 Å². The highest BCUT2D eigenvalue weighted by Gasteiger charge is 2.13. The van der Waals surface area contributed by atoms with Gasteiger partial charge in [0.05, 0.1) is 6.10 Å². The maximum absolute atomic E-state index is 11.9. The van der Waals surface area contributed by atoms with E-state index in [4.69, 9.17) is 4.74 Å². The molecule has 20 heavy (non-hydrogen) atoms. The van der Waals surface area contributed by atoms with Crippen LogP contribution in [0.5, 0.6) is 0 Å². The van der Waals surface area contributed by atoms with E-state index < -0.39 is 0 Å². The van der Waals surface area contributed by atoms with Gasteiger partial charge in [0.1, 0.15) is 0 Å². The number of carbonyl (C=O) groups excluding carboxylic acids is 1. The zero-order chi connectivity index (χ0) is 14.2. The van der Waals surface area contributed by atoms with Gasteiger partial charge in [-0.1, -0.05) is 0 Å². The van der Waals surface area contributed by atoms with Crippen molar-refractivity contribution in [2.75, 3.05) is 19.4 Å². The summed E-state index contributed by atoms with van der Waals surface area (Å²) in [5, 5.41) is 2.97. The van der Waals surface area contributed by atoms with Gasteiger partial charge in [-0.05, 0) is 62.6 Å². The molecular weight excluding hydrogens is 270 g/mol. The van der Waals surface area contributed by atoms with Crippen LogP contribution in [0.2, 0.25) is 0 Å². The Balaban J connectivity index is 1.66. The predicted octanol–water partition coefficient (Wildman–Crippen LogP) is 3.49. The van der Waals surface area contributed by atoms with E-state index in [0.29, 0.717) is 6.10 Å². The summed E-state index contributed by atoms with van der Waals surface area (Å²) in [6.07, 6.45) is 8.11. The molecule has 0 aromatic heterocycles. The quantitative estimate of drug-likeness (QED) is 0.644. The molecule has 1 fully saturated rings. The maximum atomic E-state index is 11.9. The van der Waals surface area contributed by atoms with Gasteiger partial charge in [-0.25, -0.2) is 0 Å². The van der Waals surface area contributed by atoms with E-state index in [-0.39, 0.29) is 5.91 Å². The Hall–Kier alpha value is -1.00. The number of thioether (sulfide) groups is 1. The number of benzene rings is 1. The first-order chi connectivity index (χ1) is 9.79. The van der Waals surface area contributed by atoms with Crippen molar-refractivity contribution >= 4 is 17.7 Å². The third-order valence-electron chi connectivity index (χ3n) is 3.61. The van der Waals surface area contributed by atoms with Gasteiger partial charge in [0.15, 0.2) is 0 Å². The Morgan fingerprint density at radius 3 is 2.80 bits per heavy atom. The summed E-state index contributed by atoms with van der Waals surface area (Å²) in [4.78, 5) is 13.1. The number of rotatable bonds is 6. The fourth-order valence-electron chi connectivity index (χ4n) is 2.41. The number of ether oxygens (including phenoxy) is 1. The lowest BCUT2D eigenvalue weighted by Gasteiger charge is -2.22. The molecule has 1 aliphatic heterocycles. The highest BCUT2D eigenvalue weighted by molar-refractivity contribution is 7.98. The van der Waals surface area contributed by atoms with E-state index in [2.05, 4.69) is 5.32 Å². The van der Waals surface area contributed by atoms with Crippen LogP contribution in [0.25, 0.3) is 0 Å². The van der Waals surface area contributed by atoms with Crippen LogP contribution in [0.4, 0.5) is 0 Å². The van der Waals surface area contributed by atoms with Crippen LogP contribution in [0.15, 0.2) is 29.2 Å². The van der Waals surface area contributed by atoms with Crippen molar-refractivity contribution in [1.82, 2.24) is 5.32 Å². The molecule has 0 saturated carbocycles. The van der Waals surface area contributed by atoms with Crippen LogP contribution in [0, 0.1) is 0 Å². The third kappa shape index (κ3) is 4.84. The summed E-state index contributed by atoms with van der Waals surface area (Å²) in [7, 11) is 0. The van der Waals surface area contributed by atoms with Gasteiger partial charge in [-0.2, -0.15) is 0 Å². The summed E-state index contributed by atoms with van der Waals surface area (Å²) in [6.45, 7) is 1.63. The van der Waals surface area contributed by atoms with Crippen LogP contribution >= 0.6 is 11.8 Å². The zero-order valence-electron chi connectivity index (χ0n) is 12.1. The predicted molar refractivity (Wildman–Crippen MR) is 83.4 cm³/mol. The van der Waals surface area contributed by atoms with E-state index in [9.17, 15) is 4.79 Å². The number of hydrogen-bond acceptors (Lipinski definition) is 3. The number of carbonyl (C=O) groups is 1. The van der Waals surface area contributed by atoms with Crippen LogP contribution in [-0.4, -0.2) is 31.4 Å². The largest absolute Gasteiger partial charge is 0.378 e. The Kier molecular flexibility index (Phi) is 6.40. The zero-order valence-corrected chi connectivity index (χ0v) is 12.9. The van der Waals surface area contributed by atoms with Gasteiger partial charge in [-0.3, -0.25) is 4.79 Å². The molecule has 3 nitrogen and oxygen atoms in total. The smallest absolute Gasteiger partial charge is 0.251 e. The van der Waals surface area contributed by atoms with Crippen molar-refractivity contribution in [3.63, 3.8) is 0 Å². The fourth-order valence-corrected chi connectivity index (χ4v) is 2.82. The van der Waals surface area contributed by atoms with Gasteiger partial charge in [0.25, 0.3) is 5.91 Å². The number of amides is 1. The number of hydrogen-bond donors (Lipinski definition) is 1. The van der Waals surface area contributed by atoms with E-state index in [1.807, 2.05) is 30.5 Å². The van der Waals surface area contributed by atoms with Crippen LogP contribution in [0.1, 0.15) is 42.5 Å². The first kappa shape index (κ1) is 15.4. The highest BCUT2D eigenvalue weighted by atomic mass is 32.2. The first-order valence-electron chi connectivity index (χ1n) is 7.33. The van der Waals surface area contributed by atoms with Gasteiger partial charge in [0, 0.05) is 23.6 Å². The van der Waals surface area contributed by atoms with E-state index in [1.54, 1.807) is 11.8 Å². The van der Waals surface area contributed by atoms with E-state index in [0.717, 1.165) is 31.6 Å². The maximum Gasteiger partial charge on any atom is 0.251 e. The van der Waals surface area contributed by atoms with Gasteiger partial charge >= 0.3 is 0 Å². The fraction of sp³-hybridized carbons (Fsp3) is 0.562. The Morgan fingerprint density at radius 1 is 1.35 bits per heavy atom. The second-order valence-electron chi connectivity index (χ2n) is 5.12. The third-order valence-corrected chi connectivity index (χ3v) is 4.36. The molecule has 0 bridgehead atoms. The lowest BCUT2D eigenvalue weighted by atomic mass is 10.0. The molecule has 1 aromatic carbocycles. The summed E-state index contributed by atoms with van der Waals surface area (Å²) in [6, 6.07) is 7.72. The second-order valence-corrected chi connectivity index (χ2v) is 5.99. The molecule has 1 aromatic rings. The van der Waals surface area contributed by atoms with Gasteiger partial charge in [-0.15, -0.1) is 11.8 Å². The van der Waals surface area contributed by atoms with Crippen molar-refractivity contribution in [2.45, 2.75) is 43.1 Å². The molecule has 1 heterocycles. The molecule has 2 rings (SSSR count). The lowest BCUT2D eigenvalue weighted by Crippen LogP contribution is -2.26. The van der Waals surface area contributed by atoms with E-state index in [1.165, 1.54) is 24.2 Å². The van der Waals surface area contributed by atoms with Crippen LogP contribution in [-0.2, 0) is 4.74 Å². The van der Waals surface area contributed by atoms with Crippen molar-refractivity contribution in [1.29, 1.82) is 0 Å². The minimum atomic E-state index is 0.0159. The normalized spacial score (nSPS) is 18.8. The van der Waals surface area contributed by atoms with Crippen molar-refractivity contribution in [3.05, 3.63) is 29.8 Å². The summed E-state index contributed by atoms with van der Waals surface area (Å²) in [5.74, 6) is 0.0159. The standard InChI is InChI=1S/C16H23NO2S/c1-20-15-9-7-13(8-10-15)16(18)17-11-4-6-14-5-2-3-12-19-14/h7-10,14H,2-6,11-12H2,1H3,(H,17,18)/t14-/m0/s1.